The van der Waals surface area contributed by atoms with Gasteiger partial charge in [-0.1, -0.05) is 41.9 Å². The maximum absolute atomic E-state index is 5.91. The molecule has 2 aromatic rings. The van der Waals surface area contributed by atoms with Crippen molar-refractivity contribution in [3.05, 3.63) is 69.7 Å². The van der Waals surface area contributed by atoms with Crippen molar-refractivity contribution >= 4 is 11.6 Å². The molecule has 0 aliphatic rings. The molecule has 100 valence electrons. The van der Waals surface area contributed by atoms with Crippen molar-refractivity contribution in [3.63, 3.8) is 0 Å². The van der Waals surface area contributed by atoms with Gasteiger partial charge in [-0.3, -0.25) is 0 Å². The van der Waals surface area contributed by atoms with E-state index in [0.717, 1.165) is 11.6 Å². The number of halogens is 1. The molecule has 1 N–H and O–H groups in total. The van der Waals surface area contributed by atoms with Crippen LogP contribution in [0.25, 0.3) is 0 Å². The highest BCUT2D eigenvalue weighted by Crippen LogP contribution is 2.18. The average Bonchev–Trinajstić information content (AvgIpc) is 2.41. The Labute approximate surface area is 120 Å². The summed E-state index contributed by atoms with van der Waals surface area (Å²) in [4.78, 5) is 0. The first-order chi connectivity index (χ1) is 9.08. The first-order valence-electron chi connectivity index (χ1n) is 6.62. The molecule has 2 heteroatoms. The third-order valence-electron chi connectivity index (χ3n) is 3.69. The van der Waals surface area contributed by atoms with Gasteiger partial charge in [0.2, 0.25) is 0 Å². The van der Waals surface area contributed by atoms with Crippen LogP contribution in [0.5, 0.6) is 0 Å². The maximum Gasteiger partial charge on any atom is 0.0406 e. The molecule has 0 spiro atoms. The van der Waals surface area contributed by atoms with Crippen LogP contribution in [0.4, 0.5) is 0 Å². The van der Waals surface area contributed by atoms with Gasteiger partial charge in [0.1, 0.15) is 0 Å². The van der Waals surface area contributed by atoms with Gasteiger partial charge in [-0.25, -0.2) is 0 Å². The van der Waals surface area contributed by atoms with Gasteiger partial charge < -0.3 is 5.32 Å². The first-order valence-corrected chi connectivity index (χ1v) is 6.99. The monoisotopic (exact) mass is 273 g/mol. The molecule has 0 saturated carbocycles. The van der Waals surface area contributed by atoms with Gasteiger partial charge in [0.15, 0.2) is 0 Å². The minimum Gasteiger partial charge on any atom is -0.306 e. The fraction of sp³-hybridized carbons (Fsp3) is 0.294. The van der Waals surface area contributed by atoms with Crippen molar-refractivity contribution in [2.24, 2.45) is 0 Å². The van der Waals surface area contributed by atoms with Crippen molar-refractivity contribution in [2.75, 3.05) is 0 Å². The topological polar surface area (TPSA) is 12.0 Å². The van der Waals surface area contributed by atoms with E-state index >= 15 is 0 Å². The van der Waals surface area contributed by atoms with Crippen LogP contribution in [0.2, 0.25) is 5.02 Å². The molecule has 0 unspecified atom stereocenters. The van der Waals surface area contributed by atoms with Gasteiger partial charge >= 0.3 is 0 Å². The highest BCUT2D eigenvalue weighted by atomic mass is 35.5. The van der Waals surface area contributed by atoms with E-state index in [2.05, 4.69) is 56.4 Å². The Morgan fingerprint density at radius 1 is 1.05 bits per heavy atom. The molecule has 0 aromatic heterocycles. The second-order valence-corrected chi connectivity index (χ2v) is 5.45. The molecule has 0 fully saturated rings. The SMILES string of the molecule is Cc1cccc(CN[C@@H](C)c2ccc(Cl)cc2)c1C. The summed E-state index contributed by atoms with van der Waals surface area (Å²) in [6.45, 7) is 7.40. The highest BCUT2D eigenvalue weighted by molar-refractivity contribution is 6.30. The van der Waals surface area contributed by atoms with Crippen molar-refractivity contribution in [1.29, 1.82) is 0 Å². The van der Waals surface area contributed by atoms with Crippen LogP contribution in [-0.2, 0) is 6.54 Å². The molecule has 2 aromatic carbocycles. The fourth-order valence-electron chi connectivity index (χ4n) is 2.14. The molecular formula is C17H20ClN. The summed E-state index contributed by atoms with van der Waals surface area (Å²) in [6, 6.07) is 14.8. The third-order valence-corrected chi connectivity index (χ3v) is 3.94. The molecule has 0 radical (unpaired) electrons. The van der Waals surface area contributed by atoms with Crippen molar-refractivity contribution < 1.29 is 0 Å². The van der Waals surface area contributed by atoms with Gasteiger partial charge in [-0.05, 0) is 55.2 Å². The molecule has 1 nitrogen and oxygen atoms in total. The van der Waals surface area contributed by atoms with Crippen LogP contribution in [-0.4, -0.2) is 0 Å². The molecule has 0 amide bonds. The second-order valence-electron chi connectivity index (χ2n) is 5.01. The normalized spacial score (nSPS) is 12.4. The standard InChI is InChI=1S/C17H20ClN/c1-12-5-4-6-16(13(12)2)11-19-14(3)15-7-9-17(18)10-8-15/h4-10,14,19H,11H2,1-3H3/t14-/m0/s1. The highest BCUT2D eigenvalue weighted by Gasteiger charge is 2.06. The lowest BCUT2D eigenvalue weighted by atomic mass is 10.0. The molecule has 0 saturated heterocycles. The zero-order valence-electron chi connectivity index (χ0n) is 11.7. The Morgan fingerprint density at radius 2 is 1.74 bits per heavy atom. The summed E-state index contributed by atoms with van der Waals surface area (Å²) in [5, 5.41) is 4.34. The first kappa shape index (κ1) is 14.1. The molecule has 0 aliphatic heterocycles. The Bertz CT molecular complexity index is 546. The zero-order chi connectivity index (χ0) is 13.8. The van der Waals surface area contributed by atoms with E-state index in [1.807, 2.05) is 12.1 Å². The summed E-state index contributed by atoms with van der Waals surface area (Å²) in [5.41, 5.74) is 5.34. The van der Waals surface area contributed by atoms with Gasteiger partial charge in [0, 0.05) is 17.6 Å². The van der Waals surface area contributed by atoms with Crippen LogP contribution < -0.4 is 5.32 Å². The van der Waals surface area contributed by atoms with E-state index in [4.69, 9.17) is 11.6 Å². The maximum atomic E-state index is 5.91. The smallest absolute Gasteiger partial charge is 0.0406 e. The summed E-state index contributed by atoms with van der Waals surface area (Å²) in [6.07, 6.45) is 0. The van der Waals surface area contributed by atoms with E-state index in [0.29, 0.717) is 6.04 Å². The van der Waals surface area contributed by atoms with Crippen molar-refractivity contribution in [2.45, 2.75) is 33.4 Å². The number of hydrogen-bond donors (Lipinski definition) is 1. The molecule has 1 atom stereocenters. The molecule has 0 bridgehead atoms. The molecular weight excluding hydrogens is 254 g/mol. The lowest BCUT2D eigenvalue weighted by molar-refractivity contribution is 0.573. The van der Waals surface area contributed by atoms with Crippen LogP contribution in [0, 0.1) is 13.8 Å². The van der Waals surface area contributed by atoms with E-state index < -0.39 is 0 Å². The minimum absolute atomic E-state index is 0.317. The van der Waals surface area contributed by atoms with Crippen LogP contribution in [0.15, 0.2) is 42.5 Å². The van der Waals surface area contributed by atoms with Crippen molar-refractivity contribution in [1.82, 2.24) is 5.32 Å². The van der Waals surface area contributed by atoms with Crippen LogP contribution >= 0.6 is 11.6 Å². The average molecular weight is 274 g/mol. The predicted octanol–water partition coefficient (Wildman–Crippen LogP) is 4.81. The van der Waals surface area contributed by atoms with Crippen molar-refractivity contribution in [3.8, 4) is 0 Å². The van der Waals surface area contributed by atoms with Crippen LogP contribution in [0.1, 0.15) is 35.2 Å². The Hall–Kier alpha value is -1.31. The van der Waals surface area contributed by atoms with E-state index in [-0.39, 0.29) is 0 Å². The number of aryl methyl sites for hydroxylation is 1. The largest absolute Gasteiger partial charge is 0.306 e. The number of rotatable bonds is 4. The van der Waals surface area contributed by atoms with Gasteiger partial charge in [-0.15, -0.1) is 0 Å². The number of nitrogens with one attached hydrogen (secondary N) is 1. The molecule has 2 rings (SSSR count). The second kappa shape index (κ2) is 6.23. The third kappa shape index (κ3) is 3.59. The number of benzene rings is 2. The summed E-state index contributed by atoms with van der Waals surface area (Å²) in [7, 11) is 0. The summed E-state index contributed by atoms with van der Waals surface area (Å²) < 4.78 is 0. The number of hydrogen-bond acceptors (Lipinski definition) is 1. The lowest BCUT2D eigenvalue weighted by Crippen LogP contribution is -2.18. The van der Waals surface area contributed by atoms with E-state index in [9.17, 15) is 0 Å². The predicted molar refractivity (Wildman–Crippen MR) is 82.6 cm³/mol. The molecule has 19 heavy (non-hydrogen) atoms. The minimum atomic E-state index is 0.317. The van der Waals surface area contributed by atoms with Gasteiger partial charge in [0.05, 0.1) is 0 Å². The van der Waals surface area contributed by atoms with Gasteiger partial charge in [0.25, 0.3) is 0 Å². The Balaban J connectivity index is 2.02. The molecule has 0 heterocycles. The Morgan fingerprint density at radius 3 is 2.42 bits per heavy atom. The van der Waals surface area contributed by atoms with E-state index in [1.54, 1.807) is 0 Å². The summed E-state index contributed by atoms with van der Waals surface area (Å²) in [5.74, 6) is 0. The van der Waals surface area contributed by atoms with Crippen LogP contribution in [0.3, 0.4) is 0 Å². The Kier molecular flexibility index (Phi) is 4.62. The van der Waals surface area contributed by atoms with Gasteiger partial charge in [-0.2, -0.15) is 0 Å². The quantitative estimate of drug-likeness (QED) is 0.843. The zero-order valence-corrected chi connectivity index (χ0v) is 12.5. The molecule has 0 aliphatic carbocycles. The summed E-state index contributed by atoms with van der Waals surface area (Å²) >= 11 is 5.91. The van der Waals surface area contributed by atoms with E-state index in [1.165, 1.54) is 22.3 Å². The lowest BCUT2D eigenvalue weighted by Gasteiger charge is -2.16. The fourth-order valence-corrected chi connectivity index (χ4v) is 2.26.